The van der Waals surface area contributed by atoms with Gasteiger partial charge in [0.2, 0.25) is 0 Å². The van der Waals surface area contributed by atoms with Gasteiger partial charge >= 0.3 is 0 Å². The average molecular weight is 426 g/mol. The highest BCUT2D eigenvalue weighted by Crippen LogP contribution is 2.34. The van der Waals surface area contributed by atoms with Crippen molar-refractivity contribution in [2.45, 2.75) is 18.5 Å². The van der Waals surface area contributed by atoms with Crippen LogP contribution in [0.2, 0.25) is 0 Å². The summed E-state index contributed by atoms with van der Waals surface area (Å²) in [6, 6.07) is 4.97. The van der Waals surface area contributed by atoms with Gasteiger partial charge in [0, 0.05) is 29.3 Å². The monoisotopic (exact) mass is 425 g/mol. The normalized spacial score (nSPS) is 21.9. The zero-order chi connectivity index (χ0) is 18.5. The molecule has 6 heterocycles. The maximum absolute atomic E-state index is 9.38. The molecule has 6 rings (SSSR count). The minimum atomic E-state index is 0.421. The number of rotatable bonds is 3. The van der Waals surface area contributed by atoms with Gasteiger partial charge in [0.15, 0.2) is 0 Å². The van der Waals surface area contributed by atoms with Crippen LogP contribution in [0, 0.1) is 11.3 Å². The Kier molecular flexibility index (Phi) is 3.86. The van der Waals surface area contributed by atoms with Crippen molar-refractivity contribution in [3.05, 3.63) is 40.9 Å². The molecule has 2 atom stereocenters. The van der Waals surface area contributed by atoms with Crippen LogP contribution < -0.4 is 4.90 Å². The van der Waals surface area contributed by atoms with E-state index in [4.69, 9.17) is 4.84 Å². The molecule has 9 heteroatoms. The van der Waals surface area contributed by atoms with Gasteiger partial charge in [0.05, 0.1) is 54.6 Å². The van der Waals surface area contributed by atoms with Crippen molar-refractivity contribution < 1.29 is 4.84 Å². The van der Waals surface area contributed by atoms with E-state index < -0.39 is 0 Å². The summed E-state index contributed by atoms with van der Waals surface area (Å²) in [5, 5.41) is 15.7. The van der Waals surface area contributed by atoms with Gasteiger partial charge in [-0.15, -0.1) is 0 Å². The first-order valence-corrected chi connectivity index (χ1v) is 9.44. The van der Waals surface area contributed by atoms with Crippen LogP contribution in [0.25, 0.3) is 16.8 Å². The van der Waals surface area contributed by atoms with Gasteiger partial charge in [-0.05, 0) is 28.4 Å². The number of nitriles is 1. The lowest BCUT2D eigenvalue weighted by Crippen LogP contribution is -2.68. The van der Waals surface area contributed by atoms with E-state index in [9.17, 15) is 5.26 Å². The fourth-order valence-corrected chi connectivity index (χ4v) is 4.47. The number of piperazine rings is 1. The van der Waals surface area contributed by atoms with Crippen LogP contribution >= 0.6 is 15.9 Å². The third kappa shape index (κ3) is 2.60. The Balaban J connectivity index is 1.47. The first kappa shape index (κ1) is 16.6. The highest BCUT2D eigenvalue weighted by atomic mass is 79.9. The number of hydrogen-bond acceptors (Lipinski definition) is 7. The molecule has 3 fully saturated rings. The number of hydrogen-bond donors (Lipinski definition) is 0. The number of hydroxylamine groups is 2. The first-order chi connectivity index (χ1) is 13.2. The Hall–Kier alpha value is -2.54. The molecule has 2 bridgehead atoms. The van der Waals surface area contributed by atoms with Crippen LogP contribution in [0.5, 0.6) is 0 Å². The summed E-state index contributed by atoms with van der Waals surface area (Å²) in [7, 11) is 1.73. The van der Waals surface area contributed by atoms with Crippen LogP contribution in [-0.2, 0) is 4.84 Å². The Bertz CT molecular complexity index is 1050. The summed E-state index contributed by atoms with van der Waals surface area (Å²) >= 11 is 3.50. The third-order valence-corrected chi connectivity index (χ3v) is 5.71. The average Bonchev–Trinajstić information content (AvgIpc) is 3.10. The van der Waals surface area contributed by atoms with Gasteiger partial charge < -0.3 is 9.74 Å². The molecule has 136 valence electrons. The fraction of sp³-hybridized carbons (Fsp3) is 0.333. The third-order valence-electron chi connectivity index (χ3n) is 5.27. The summed E-state index contributed by atoms with van der Waals surface area (Å²) in [5.74, 6) is 0.865. The van der Waals surface area contributed by atoms with E-state index in [1.807, 2.05) is 12.3 Å². The van der Waals surface area contributed by atoms with Crippen molar-refractivity contribution in [3.8, 4) is 17.3 Å². The molecule has 0 amide bonds. The quantitative estimate of drug-likeness (QED) is 0.636. The number of fused-ring (bicyclic) bond motifs is 3. The van der Waals surface area contributed by atoms with Crippen molar-refractivity contribution in [3.63, 3.8) is 0 Å². The molecule has 0 aliphatic carbocycles. The lowest BCUT2D eigenvalue weighted by atomic mass is 9.90. The first-order valence-electron chi connectivity index (χ1n) is 8.64. The van der Waals surface area contributed by atoms with Crippen molar-refractivity contribution >= 4 is 27.3 Å². The molecule has 3 aromatic rings. The number of piperidine rings is 1. The zero-order valence-corrected chi connectivity index (χ0v) is 16.2. The highest BCUT2D eigenvalue weighted by Gasteiger charge is 2.45. The highest BCUT2D eigenvalue weighted by molar-refractivity contribution is 9.10. The van der Waals surface area contributed by atoms with Gasteiger partial charge in [0.25, 0.3) is 0 Å². The predicted octanol–water partition coefficient (Wildman–Crippen LogP) is 2.25. The van der Waals surface area contributed by atoms with Gasteiger partial charge in [-0.2, -0.15) is 15.4 Å². The molecule has 0 spiro atoms. The molecule has 3 aliphatic heterocycles. The number of anilines is 1. The SMILES string of the molecule is CON1C2CC1CN(c1cnc(-c3cc(Br)cn4ncc(C#N)c34)cn1)C2. The number of pyridine rings is 1. The van der Waals surface area contributed by atoms with Crippen molar-refractivity contribution in [2.24, 2.45) is 0 Å². The summed E-state index contributed by atoms with van der Waals surface area (Å²) in [6.45, 7) is 1.78. The summed E-state index contributed by atoms with van der Waals surface area (Å²) in [4.78, 5) is 16.9. The topological polar surface area (TPSA) is 82.6 Å². The maximum Gasteiger partial charge on any atom is 0.147 e. The van der Waals surface area contributed by atoms with Crippen LogP contribution in [0.1, 0.15) is 12.0 Å². The predicted molar refractivity (Wildman–Crippen MR) is 102 cm³/mol. The van der Waals surface area contributed by atoms with Crippen LogP contribution in [0.15, 0.2) is 35.3 Å². The maximum atomic E-state index is 9.38. The fourth-order valence-electron chi connectivity index (χ4n) is 4.05. The zero-order valence-electron chi connectivity index (χ0n) is 14.6. The molecule has 0 radical (unpaired) electrons. The van der Waals surface area contributed by atoms with E-state index in [1.54, 1.807) is 30.2 Å². The minimum Gasteiger partial charge on any atom is -0.352 e. The molecule has 3 aromatic heterocycles. The molecule has 0 N–H and O–H groups in total. The summed E-state index contributed by atoms with van der Waals surface area (Å²) < 4.78 is 2.55. The Morgan fingerprint density at radius 1 is 1.22 bits per heavy atom. The van der Waals surface area contributed by atoms with E-state index in [1.165, 1.54) is 6.42 Å². The second kappa shape index (κ2) is 6.27. The molecule has 3 aliphatic rings. The minimum absolute atomic E-state index is 0.421. The van der Waals surface area contributed by atoms with E-state index in [0.29, 0.717) is 23.3 Å². The number of halogens is 1. The van der Waals surface area contributed by atoms with Crippen molar-refractivity contribution in [2.75, 3.05) is 25.1 Å². The van der Waals surface area contributed by atoms with E-state index in [-0.39, 0.29) is 0 Å². The summed E-state index contributed by atoms with van der Waals surface area (Å²) in [6.07, 6.45) is 8.12. The van der Waals surface area contributed by atoms with Gasteiger partial charge in [0.1, 0.15) is 11.9 Å². The summed E-state index contributed by atoms with van der Waals surface area (Å²) in [5.41, 5.74) is 2.78. The molecular formula is C18H16BrN7O. The molecule has 3 saturated heterocycles. The van der Waals surface area contributed by atoms with Gasteiger partial charge in [-0.3, -0.25) is 4.98 Å². The standard InChI is InChI=1S/C18H16BrN7O/c1-27-26-13-3-14(26)10-24(9-13)17-7-21-16(6-22-17)15-2-12(19)8-25-18(15)11(4-20)5-23-25/h2,5-8,13-14H,3,9-10H2,1H3. The lowest BCUT2D eigenvalue weighted by Gasteiger charge is -2.54. The largest absolute Gasteiger partial charge is 0.352 e. The van der Waals surface area contributed by atoms with Crippen LogP contribution in [0.3, 0.4) is 0 Å². The molecule has 0 aromatic carbocycles. The van der Waals surface area contributed by atoms with Gasteiger partial charge in [-0.1, -0.05) is 0 Å². The Morgan fingerprint density at radius 2 is 2.04 bits per heavy atom. The van der Waals surface area contributed by atoms with Gasteiger partial charge in [-0.25, -0.2) is 9.50 Å². The Morgan fingerprint density at radius 3 is 2.70 bits per heavy atom. The Labute approximate surface area is 164 Å². The van der Waals surface area contributed by atoms with Crippen molar-refractivity contribution in [1.82, 2.24) is 24.6 Å². The molecule has 2 unspecified atom stereocenters. The van der Waals surface area contributed by atoms with Crippen LogP contribution in [0.4, 0.5) is 5.82 Å². The number of aromatic nitrogens is 4. The molecule has 27 heavy (non-hydrogen) atoms. The lowest BCUT2D eigenvalue weighted by molar-refractivity contribution is -0.252. The van der Waals surface area contributed by atoms with Crippen molar-refractivity contribution in [1.29, 1.82) is 5.26 Å². The molecule has 8 nitrogen and oxygen atoms in total. The smallest absolute Gasteiger partial charge is 0.147 e. The van der Waals surface area contributed by atoms with E-state index in [2.05, 4.69) is 47.0 Å². The molecule has 0 saturated carbocycles. The number of nitrogens with zero attached hydrogens (tertiary/aromatic N) is 7. The second-order valence-corrected chi connectivity index (χ2v) is 7.70. The van der Waals surface area contributed by atoms with E-state index in [0.717, 1.165) is 34.5 Å². The molecular weight excluding hydrogens is 410 g/mol. The van der Waals surface area contributed by atoms with E-state index >= 15 is 0 Å². The second-order valence-electron chi connectivity index (χ2n) is 6.79. The van der Waals surface area contributed by atoms with Crippen LogP contribution in [-0.4, -0.2) is 56.9 Å².